The molecule has 1 atom stereocenters. The third-order valence-electron chi connectivity index (χ3n) is 5.79. The van der Waals surface area contributed by atoms with Gasteiger partial charge in [0.15, 0.2) is 11.6 Å². The van der Waals surface area contributed by atoms with Crippen LogP contribution < -0.4 is 5.32 Å². The predicted molar refractivity (Wildman–Crippen MR) is 102 cm³/mol. The number of carbonyl (C=O) groups is 1. The highest BCUT2D eigenvalue weighted by Crippen LogP contribution is 2.39. The fraction of sp³-hybridized carbons (Fsp3) is 0.667. The van der Waals surface area contributed by atoms with Crippen LogP contribution in [0.5, 0.6) is 0 Å². The smallest absolute Gasteiger partial charge is 0.221 e. The third-order valence-corrected chi connectivity index (χ3v) is 5.79. The summed E-state index contributed by atoms with van der Waals surface area (Å²) in [4.78, 5) is 16.5. The van der Waals surface area contributed by atoms with E-state index in [1.165, 1.54) is 12.5 Å². The number of rotatable bonds is 6. The van der Waals surface area contributed by atoms with Crippen molar-refractivity contribution in [2.24, 2.45) is 5.41 Å². The Balaban J connectivity index is 1.53. The van der Waals surface area contributed by atoms with Gasteiger partial charge in [-0.25, -0.2) is 8.78 Å². The average molecular weight is 379 g/mol. The van der Waals surface area contributed by atoms with Crippen molar-refractivity contribution in [3.05, 3.63) is 35.4 Å². The lowest BCUT2D eigenvalue weighted by Crippen LogP contribution is -2.44. The fourth-order valence-electron chi connectivity index (χ4n) is 4.56. The molecule has 0 radical (unpaired) electrons. The minimum Gasteiger partial charge on any atom is -0.354 e. The molecule has 6 heteroatoms. The number of likely N-dealkylation sites (tertiary alicyclic amines) is 2. The number of hydrogen-bond acceptors (Lipinski definition) is 3. The van der Waals surface area contributed by atoms with Gasteiger partial charge in [-0.05, 0) is 57.7 Å². The van der Waals surface area contributed by atoms with Crippen molar-refractivity contribution in [3.8, 4) is 0 Å². The molecule has 4 nitrogen and oxygen atoms in total. The molecule has 0 saturated carbocycles. The number of nitrogens with zero attached hydrogens (tertiary/aromatic N) is 2. The Morgan fingerprint density at radius 3 is 2.74 bits per heavy atom. The van der Waals surface area contributed by atoms with Crippen LogP contribution in [0.1, 0.15) is 45.1 Å². The lowest BCUT2D eigenvalue weighted by Gasteiger charge is -2.40. The second-order valence-electron chi connectivity index (χ2n) is 8.53. The molecule has 150 valence electrons. The highest BCUT2D eigenvalue weighted by Gasteiger charge is 2.41. The Morgan fingerprint density at radius 2 is 1.96 bits per heavy atom. The molecular weight excluding hydrogens is 348 g/mol. The van der Waals surface area contributed by atoms with Crippen LogP contribution in [0.3, 0.4) is 0 Å². The summed E-state index contributed by atoms with van der Waals surface area (Å²) in [6, 6.07) is 4.60. The van der Waals surface area contributed by atoms with E-state index < -0.39 is 11.6 Å². The Kier molecular flexibility index (Phi) is 6.48. The fourth-order valence-corrected chi connectivity index (χ4v) is 4.56. The molecule has 1 aromatic rings. The van der Waals surface area contributed by atoms with Crippen LogP contribution in [-0.2, 0) is 11.3 Å². The molecule has 1 N–H and O–H groups in total. The molecule has 0 aromatic heterocycles. The van der Waals surface area contributed by atoms with E-state index in [1.807, 2.05) is 13.8 Å². The zero-order valence-corrected chi connectivity index (χ0v) is 16.4. The van der Waals surface area contributed by atoms with Crippen LogP contribution in [0, 0.1) is 17.0 Å². The monoisotopic (exact) mass is 379 g/mol. The van der Waals surface area contributed by atoms with Crippen molar-refractivity contribution < 1.29 is 13.6 Å². The van der Waals surface area contributed by atoms with Gasteiger partial charge in [0.05, 0.1) is 0 Å². The van der Waals surface area contributed by atoms with Gasteiger partial charge in [0.25, 0.3) is 0 Å². The molecule has 0 bridgehead atoms. The molecule has 2 aliphatic rings. The molecule has 2 aliphatic heterocycles. The summed E-state index contributed by atoms with van der Waals surface area (Å²) < 4.78 is 27.5. The van der Waals surface area contributed by atoms with Gasteiger partial charge < -0.3 is 10.2 Å². The predicted octanol–water partition coefficient (Wildman–Crippen LogP) is 3.17. The maximum Gasteiger partial charge on any atom is 0.221 e. The van der Waals surface area contributed by atoms with Crippen LogP contribution in [0.4, 0.5) is 8.78 Å². The average Bonchev–Trinajstić information content (AvgIpc) is 2.99. The van der Waals surface area contributed by atoms with Crippen LogP contribution in [0.25, 0.3) is 0 Å². The highest BCUT2D eigenvalue weighted by molar-refractivity contribution is 5.76. The van der Waals surface area contributed by atoms with E-state index in [0.29, 0.717) is 18.5 Å². The number of piperidine rings is 1. The van der Waals surface area contributed by atoms with Crippen molar-refractivity contribution in [1.82, 2.24) is 15.1 Å². The first kappa shape index (κ1) is 20.2. The Morgan fingerprint density at radius 1 is 1.19 bits per heavy atom. The van der Waals surface area contributed by atoms with Gasteiger partial charge in [-0.3, -0.25) is 9.69 Å². The topological polar surface area (TPSA) is 35.6 Å². The first-order chi connectivity index (χ1) is 12.9. The molecule has 1 aromatic carbocycles. The Labute approximate surface area is 160 Å². The van der Waals surface area contributed by atoms with Crippen molar-refractivity contribution in [1.29, 1.82) is 0 Å². The van der Waals surface area contributed by atoms with Crippen LogP contribution >= 0.6 is 0 Å². The summed E-state index contributed by atoms with van der Waals surface area (Å²) in [5.41, 5.74) is 0.656. The molecule has 3 rings (SSSR count). The maximum absolute atomic E-state index is 14.0. The normalized spacial score (nSPS) is 24.0. The van der Waals surface area contributed by atoms with Crippen molar-refractivity contribution in [3.63, 3.8) is 0 Å². The van der Waals surface area contributed by atoms with E-state index in [4.69, 9.17) is 0 Å². The number of nitrogens with one attached hydrogen (secondary N) is 1. The Bertz CT molecular complexity index is 667. The van der Waals surface area contributed by atoms with Gasteiger partial charge in [0, 0.05) is 44.2 Å². The molecule has 2 heterocycles. The summed E-state index contributed by atoms with van der Waals surface area (Å²) in [6.45, 7) is 9.04. The van der Waals surface area contributed by atoms with Gasteiger partial charge in [-0.15, -0.1) is 0 Å². The molecule has 2 saturated heterocycles. The van der Waals surface area contributed by atoms with E-state index in [9.17, 15) is 13.6 Å². The van der Waals surface area contributed by atoms with Crippen LogP contribution in [-0.4, -0.2) is 54.5 Å². The lowest BCUT2D eigenvalue weighted by molar-refractivity contribution is -0.121. The number of hydrogen-bond donors (Lipinski definition) is 1. The number of amides is 1. The van der Waals surface area contributed by atoms with Crippen LogP contribution in [0.2, 0.25) is 0 Å². The number of benzene rings is 1. The van der Waals surface area contributed by atoms with Crippen LogP contribution in [0.15, 0.2) is 18.2 Å². The third kappa shape index (κ3) is 5.26. The summed E-state index contributed by atoms with van der Waals surface area (Å²) in [6.07, 6.45) is 3.90. The largest absolute Gasteiger partial charge is 0.354 e. The molecule has 0 aliphatic carbocycles. The summed E-state index contributed by atoms with van der Waals surface area (Å²) >= 11 is 0. The SMILES string of the molecule is CC(C)NC(=O)CCN1CC[C@@]2(CCCN(Cc3cccc(F)c3F)C2)C1. The second kappa shape index (κ2) is 8.65. The minimum atomic E-state index is -0.772. The van der Waals surface area contributed by atoms with E-state index in [2.05, 4.69) is 15.1 Å². The Hall–Kier alpha value is -1.53. The molecule has 1 amide bonds. The quantitative estimate of drug-likeness (QED) is 0.825. The van der Waals surface area contributed by atoms with Crippen molar-refractivity contribution in [2.45, 2.75) is 52.1 Å². The summed E-state index contributed by atoms with van der Waals surface area (Å²) in [5.74, 6) is -1.38. The van der Waals surface area contributed by atoms with Gasteiger partial charge in [0.2, 0.25) is 5.91 Å². The zero-order valence-electron chi connectivity index (χ0n) is 16.4. The first-order valence-corrected chi connectivity index (χ1v) is 10.0. The molecular formula is C21H31F2N3O. The highest BCUT2D eigenvalue weighted by atomic mass is 19.2. The number of halogens is 2. The molecule has 1 spiro atoms. The van der Waals surface area contributed by atoms with Gasteiger partial charge >= 0.3 is 0 Å². The lowest BCUT2D eigenvalue weighted by atomic mass is 9.79. The van der Waals surface area contributed by atoms with E-state index >= 15 is 0 Å². The molecule has 0 unspecified atom stereocenters. The van der Waals surface area contributed by atoms with Gasteiger partial charge in [-0.1, -0.05) is 12.1 Å². The summed E-state index contributed by atoms with van der Waals surface area (Å²) in [5, 5.41) is 2.94. The zero-order chi connectivity index (χ0) is 19.4. The van der Waals surface area contributed by atoms with E-state index in [1.54, 1.807) is 12.1 Å². The molecule has 2 fully saturated rings. The van der Waals surface area contributed by atoms with E-state index in [-0.39, 0.29) is 17.4 Å². The first-order valence-electron chi connectivity index (χ1n) is 10.0. The van der Waals surface area contributed by atoms with Gasteiger partial charge in [-0.2, -0.15) is 0 Å². The van der Waals surface area contributed by atoms with Gasteiger partial charge in [0.1, 0.15) is 0 Å². The summed E-state index contributed by atoms with van der Waals surface area (Å²) in [7, 11) is 0. The molecule has 27 heavy (non-hydrogen) atoms. The minimum absolute atomic E-state index is 0.109. The maximum atomic E-state index is 14.0. The van der Waals surface area contributed by atoms with Crippen molar-refractivity contribution >= 4 is 5.91 Å². The standard InChI is InChI=1S/C21H31F2N3O/c1-16(2)24-19(27)7-11-25-12-9-21(14-25)8-4-10-26(15-21)13-17-5-3-6-18(22)20(17)23/h3,5-6,16H,4,7-15H2,1-2H3,(H,24,27)/t21-/m0/s1. The number of carbonyl (C=O) groups excluding carboxylic acids is 1. The second-order valence-corrected chi connectivity index (χ2v) is 8.53. The van der Waals surface area contributed by atoms with E-state index in [0.717, 1.165) is 45.6 Å². The van der Waals surface area contributed by atoms with Crippen molar-refractivity contribution in [2.75, 3.05) is 32.7 Å².